The predicted octanol–water partition coefficient (Wildman–Crippen LogP) is 2.28. The largest absolute Gasteiger partial charge is 0.314 e. The third-order valence-electron chi connectivity index (χ3n) is 4.32. The quantitative estimate of drug-likeness (QED) is 0.848. The fourth-order valence-electron chi connectivity index (χ4n) is 2.75. The topological polar surface area (TPSA) is 42.7 Å². The second kappa shape index (κ2) is 6.39. The monoisotopic (exact) mass is 284 g/mol. The lowest BCUT2D eigenvalue weighted by molar-refractivity contribution is 0.451. The molecule has 1 aromatic carbocycles. The minimum Gasteiger partial charge on any atom is -0.314 e. The van der Waals surface area contributed by atoms with Crippen LogP contribution < -0.4 is 5.32 Å². The first kappa shape index (κ1) is 14.3. The van der Waals surface area contributed by atoms with E-state index in [-0.39, 0.29) is 0 Å². The van der Waals surface area contributed by atoms with Crippen molar-refractivity contribution in [2.45, 2.75) is 38.6 Å². The van der Waals surface area contributed by atoms with Crippen molar-refractivity contribution in [3.05, 3.63) is 47.5 Å². The summed E-state index contributed by atoms with van der Waals surface area (Å²) < 4.78 is 1.89. The highest BCUT2D eigenvalue weighted by Crippen LogP contribution is 2.21. The Morgan fingerprint density at radius 2 is 2.10 bits per heavy atom. The molecule has 4 heteroatoms. The standard InChI is InChI=1S/C17H24N4/c1-13-5-3-4-6-15(13)9-14(11-18-16-7-8-16)10-17-19-12-20-21(17)2/h3-6,12,14,16,18H,7-11H2,1-2H3. The van der Waals surface area contributed by atoms with Crippen molar-refractivity contribution in [1.82, 2.24) is 20.1 Å². The zero-order valence-electron chi connectivity index (χ0n) is 12.9. The van der Waals surface area contributed by atoms with E-state index in [0.29, 0.717) is 5.92 Å². The van der Waals surface area contributed by atoms with Crippen molar-refractivity contribution < 1.29 is 0 Å². The molecule has 1 unspecified atom stereocenters. The van der Waals surface area contributed by atoms with Crippen LogP contribution in [0.5, 0.6) is 0 Å². The maximum Gasteiger partial charge on any atom is 0.138 e. The van der Waals surface area contributed by atoms with E-state index in [2.05, 4.69) is 46.6 Å². The zero-order chi connectivity index (χ0) is 14.7. The highest BCUT2D eigenvalue weighted by Gasteiger charge is 2.23. The molecule has 1 heterocycles. The molecule has 0 radical (unpaired) electrons. The first-order chi connectivity index (χ1) is 10.2. The van der Waals surface area contributed by atoms with Gasteiger partial charge in [-0.25, -0.2) is 4.98 Å². The van der Waals surface area contributed by atoms with Crippen molar-refractivity contribution >= 4 is 0 Å². The number of benzene rings is 1. The van der Waals surface area contributed by atoms with Gasteiger partial charge in [-0.2, -0.15) is 5.10 Å². The normalized spacial score (nSPS) is 16.1. The van der Waals surface area contributed by atoms with Crippen LogP contribution in [0.2, 0.25) is 0 Å². The summed E-state index contributed by atoms with van der Waals surface area (Å²) in [6, 6.07) is 9.44. The molecular weight excluding hydrogens is 260 g/mol. The Kier molecular flexibility index (Phi) is 4.34. The van der Waals surface area contributed by atoms with E-state index in [1.807, 2.05) is 11.7 Å². The summed E-state index contributed by atoms with van der Waals surface area (Å²) in [6.07, 6.45) is 6.39. The van der Waals surface area contributed by atoms with Crippen molar-refractivity contribution in [3.8, 4) is 0 Å². The molecule has 3 rings (SSSR count). The highest BCUT2D eigenvalue weighted by atomic mass is 15.3. The maximum absolute atomic E-state index is 4.39. The molecule has 0 saturated heterocycles. The summed E-state index contributed by atoms with van der Waals surface area (Å²) in [4.78, 5) is 4.39. The van der Waals surface area contributed by atoms with Crippen LogP contribution in [-0.2, 0) is 19.9 Å². The first-order valence-electron chi connectivity index (χ1n) is 7.83. The van der Waals surface area contributed by atoms with E-state index in [1.54, 1.807) is 6.33 Å². The smallest absolute Gasteiger partial charge is 0.138 e. The van der Waals surface area contributed by atoms with Crippen LogP contribution in [0.3, 0.4) is 0 Å². The van der Waals surface area contributed by atoms with Gasteiger partial charge in [-0.1, -0.05) is 24.3 Å². The van der Waals surface area contributed by atoms with E-state index in [9.17, 15) is 0 Å². The molecule has 1 atom stereocenters. The first-order valence-corrected chi connectivity index (χ1v) is 7.83. The zero-order valence-corrected chi connectivity index (χ0v) is 12.9. The predicted molar refractivity (Wildman–Crippen MR) is 84.1 cm³/mol. The number of aryl methyl sites for hydroxylation is 2. The summed E-state index contributed by atoms with van der Waals surface area (Å²) in [5.41, 5.74) is 2.83. The van der Waals surface area contributed by atoms with Crippen molar-refractivity contribution in [3.63, 3.8) is 0 Å². The molecule has 0 spiro atoms. The van der Waals surface area contributed by atoms with Crippen LogP contribution in [-0.4, -0.2) is 27.4 Å². The van der Waals surface area contributed by atoms with E-state index in [1.165, 1.54) is 24.0 Å². The van der Waals surface area contributed by atoms with Gasteiger partial charge in [0.25, 0.3) is 0 Å². The van der Waals surface area contributed by atoms with Gasteiger partial charge in [-0.3, -0.25) is 4.68 Å². The minimum absolute atomic E-state index is 0.564. The summed E-state index contributed by atoms with van der Waals surface area (Å²) in [6.45, 7) is 3.26. The van der Waals surface area contributed by atoms with Crippen molar-refractivity contribution in [2.75, 3.05) is 6.54 Å². The van der Waals surface area contributed by atoms with Gasteiger partial charge >= 0.3 is 0 Å². The molecule has 1 N–H and O–H groups in total. The van der Waals surface area contributed by atoms with Gasteiger partial charge in [0.15, 0.2) is 0 Å². The molecule has 1 aliphatic rings. The molecule has 1 fully saturated rings. The second-order valence-electron chi connectivity index (χ2n) is 6.18. The third-order valence-corrected chi connectivity index (χ3v) is 4.32. The van der Waals surface area contributed by atoms with Gasteiger partial charge in [0.2, 0.25) is 0 Å². The van der Waals surface area contributed by atoms with E-state index in [4.69, 9.17) is 0 Å². The molecule has 112 valence electrons. The molecular formula is C17H24N4. The second-order valence-corrected chi connectivity index (χ2v) is 6.18. The fourth-order valence-corrected chi connectivity index (χ4v) is 2.75. The van der Waals surface area contributed by atoms with Crippen LogP contribution >= 0.6 is 0 Å². The lowest BCUT2D eigenvalue weighted by Gasteiger charge is -2.18. The van der Waals surface area contributed by atoms with Crippen LogP contribution in [0.15, 0.2) is 30.6 Å². The Labute approximate surface area is 126 Å². The Morgan fingerprint density at radius 1 is 1.29 bits per heavy atom. The number of nitrogens with one attached hydrogen (secondary N) is 1. The van der Waals surface area contributed by atoms with Crippen molar-refractivity contribution in [1.29, 1.82) is 0 Å². The Bertz CT molecular complexity index is 586. The molecule has 1 aliphatic carbocycles. The van der Waals surface area contributed by atoms with E-state index >= 15 is 0 Å². The van der Waals surface area contributed by atoms with Gasteiger partial charge in [0.1, 0.15) is 12.2 Å². The summed E-state index contributed by atoms with van der Waals surface area (Å²) in [5.74, 6) is 1.64. The maximum atomic E-state index is 4.39. The van der Waals surface area contributed by atoms with Crippen LogP contribution in [0.1, 0.15) is 29.8 Å². The molecule has 4 nitrogen and oxygen atoms in total. The summed E-state index contributed by atoms with van der Waals surface area (Å²) in [5, 5.41) is 7.86. The molecule has 21 heavy (non-hydrogen) atoms. The van der Waals surface area contributed by atoms with Crippen molar-refractivity contribution in [2.24, 2.45) is 13.0 Å². The average molecular weight is 284 g/mol. The van der Waals surface area contributed by atoms with Gasteiger partial charge in [-0.15, -0.1) is 0 Å². The molecule has 2 aromatic rings. The van der Waals surface area contributed by atoms with Crippen LogP contribution in [0.25, 0.3) is 0 Å². The van der Waals surface area contributed by atoms with Crippen LogP contribution in [0, 0.1) is 12.8 Å². The number of hydrogen-bond acceptors (Lipinski definition) is 3. The van der Waals surface area contributed by atoms with Gasteiger partial charge < -0.3 is 5.32 Å². The average Bonchev–Trinajstić information content (AvgIpc) is 3.22. The Hall–Kier alpha value is -1.68. The third kappa shape index (κ3) is 3.91. The summed E-state index contributed by atoms with van der Waals surface area (Å²) >= 11 is 0. The molecule has 0 amide bonds. The minimum atomic E-state index is 0.564. The van der Waals surface area contributed by atoms with Gasteiger partial charge in [-0.05, 0) is 49.8 Å². The number of hydrogen-bond donors (Lipinski definition) is 1. The lowest BCUT2D eigenvalue weighted by atomic mass is 9.93. The highest BCUT2D eigenvalue weighted by molar-refractivity contribution is 5.26. The number of rotatable bonds is 7. The molecule has 1 aromatic heterocycles. The summed E-state index contributed by atoms with van der Waals surface area (Å²) in [7, 11) is 1.97. The van der Waals surface area contributed by atoms with Crippen LogP contribution in [0.4, 0.5) is 0 Å². The van der Waals surface area contributed by atoms with Gasteiger partial charge in [0.05, 0.1) is 0 Å². The Morgan fingerprint density at radius 3 is 2.76 bits per heavy atom. The lowest BCUT2D eigenvalue weighted by Crippen LogP contribution is -2.28. The molecule has 1 saturated carbocycles. The van der Waals surface area contributed by atoms with E-state index < -0.39 is 0 Å². The SMILES string of the molecule is Cc1ccccc1CC(CNC1CC1)Cc1ncnn1C. The van der Waals surface area contributed by atoms with Gasteiger partial charge in [0, 0.05) is 19.5 Å². The molecule has 0 bridgehead atoms. The Balaban J connectivity index is 1.68. The number of aromatic nitrogens is 3. The number of nitrogens with zero attached hydrogens (tertiary/aromatic N) is 3. The fraction of sp³-hybridized carbons (Fsp3) is 0.529. The molecule has 0 aliphatic heterocycles. The van der Waals surface area contributed by atoms with E-state index in [0.717, 1.165) is 31.3 Å².